The summed E-state index contributed by atoms with van der Waals surface area (Å²) in [5.74, 6) is 1.05. The second kappa shape index (κ2) is 7.04. The first-order valence-electron chi connectivity index (χ1n) is 6.91. The molecule has 0 fully saturated rings. The van der Waals surface area contributed by atoms with Gasteiger partial charge >= 0.3 is 0 Å². The molecule has 0 amide bonds. The van der Waals surface area contributed by atoms with Crippen LogP contribution in [0, 0.1) is 0 Å². The lowest BCUT2D eigenvalue weighted by atomic mass is 10.1. The maximum absolute atomic E-state index is 5.29. The Labute approximate surface area is 129 Å². The Balaban J connectivity index is 2.49. The van der Waals surface area contributed by atoms with Crippen LogP contribution in [-0.2, 0) is 10.1 Å². The number of anilines is 1. The SMILES string of the molecule is CCN(c1nc2ccccc2cc1CBr)C(C)COC. The van der Waals surface area contributed by atoms with Gasteiger partial charge in [-0.25, -0.2) is 4.98 Å². The van der Waals surface area contributed by atoms with E-state index in [9.17, 15) is 0 Å². The van der Waals surface area contributed by atoms with Crippen molar-refractivity contribution in [2.45, 2.75) is 25.2 Å². The third kappa shape index (κ3) is 3.13. The van der Waals surface area contributed by atoms with Gasteiger partial charge < -0.3 is 9.64 Å². The summed E-state index contributed by atoms with van der Waals surface area (Å²) in [4.78, 5) is 7.16. The van der Waals surface area contributed by atoms with E-state index in [0.29, 0.717) is 12.6 Å². The van der Waals surface area contributed by atoms with Crippen LogP contribution in [0.2, 0.25) is 0 Å². The van der Waals surface area contributed by atoms with Crippen molar-refractivity contribution in [2.75, 3.05) is 25.2 Å². The minimum Gasteiger partial charge on any atom is -0.383 e. The highest BCUT2D eigenvalue weighted by Gasteiger charge is 2.17. The first-order valence-corrected chi connectivity index (χ1v) is 8.03. The van der Waals surface area contributed by atoms with Gasteiger partial charge in [-0.1, -0.05) is 34.1 Å². The molecule has 2 aromatic rings. The van der Waals surface area contributed by atoms with Gasteiger partial charge in [-0.05, 0) is 26.0 Å². The van der Waals surface area contributed by atoms with E-state index in [1.807, 2.05) is 12.1 Å². The Morgan fingerprint density at radius 2 is 2.10 bits per heavy atom. The third-order valence-electron chi connectivity index (χ3n) is 3.48. The van der Waals surface area contributed by atoms with E-state index in [1.54, 1.807) is 7.11 Å². The molecular formula is C16H21BrN2O. The topological polar surface area (TPSA) is 25.4 Å². The summed E-state index contributed by atoms with van der Waals surface area (Å²) in [5, 5.41) is 1.98. The molecule has 108 valence electrons. The van der Waals surface area contributed by atoms with Crippen molar-refractivity contribution >= 4 is 32.7 Å². The fourth-order valence-corrected chi connectivity index (χ4v) is 2.91. The average Bonchev–Trinajstić information content (AvgIpc) is 2.47. The predicted octanol–water partition coefficient (Wildman–Crippen LogP) is 3.99. The molecule has 0 aliphatic rings. The first-order chi connectivity index (χ1) is 9.71. The first kappa shape index (κ1) is 15.3. The smallest absolute Gasteiger partial charge is 0.133 e. The molecule has 1 aromatic heterocycles. The van der Waals surface area contributed by atoms with Crippen LogP contribution in [0.3, 0.4) is 0 Å². The molecule has 0 bridgehead atoms. The highest BCUT2D eigenvalue weighted by Crippen LogP contribution is 2.26. The molecular weight excluding hydrogens is 316 g/mol. The minimum absolute atomic E-state index is 0.302. The van der Waals surface area contributed by atoms with Crippen molar-refractivity contribution in [3.05, 3.63) is 35.9 Å². The summed E-state index contributed by atoms with van der Waals surface area (Å²) in [6.07, 6.45) is 0. The fraction of sp³-hybridized carbons (Fsp3) is 0.438. The summed E-state index contributed by atoms with van der Waals surface area (Å²) in [5.41, 5.74) is 2.25. The molecule has 0 saturated heterocycles. The lowest BCUT2D eigenvalue weighted by Gasteiger charge is -2.30. The van der Waals surface area contributed by atoms with Gasteiger partial charge in [0.2, 0.25) is 0 Å². The van der Waals surface area contributed by atoms with Crippen molar-refractivity contribution in [3.8, 4) is 0 Å². The van der Waals surface area contributed by atoms with E-state index in [0.717, 1.165) is 23.2 Å². The maximum atomic E-state index is 5.29. The number of alkyl halides is 1. The third-order valence-corrected chi connectivity index (χ3v) is 4.08. The Kier molecular flexibility index (Phi) is 5.38. The lowest BCUT2D eigenvalue weighted by molar-refractivity contribution is 0.181. The summed E-state index contributed by atoms with van der Waals surface area (Å²) in [6, 6.07) is 10.8. The number of halogens is 1. The van der Waals surface area contributed by atoms with Gasteiger partial charge in [0.1, 0.15) is 5.82 Å². The number of likely N-dealkylation sites (N-methyl/N-ethyl adjacent to an activating group) is 1. The second-order valence-electron chi connectivity index (χ2n) is 4.89. The van der Waals surface area contributed by atoms with Crippen LogP contribution in [0.1, 0.15) is 19.4 Å². The van der Waals surface area contributed by atoms with Crippen molar-refractivity contribution in [1.82, 2.24) is 4.98 Å². The summed E-state index contributed by atoms with van der Waals surface area (Å²) >= 11 is 3.58. The summed E-state index contributed by atoms with van der Waals surface area (Å²) < 4.78 is 5.29. The quantitative estimate of drug-likeness (QED) is 0.745. The number of pyridine rings is 1. The average molecular weight is 337 g/mol. The van der Waals surface area contributed by atoms with Gasteiger partial charge in [-0.15, -0.1) is 0 Å². The molecule has 1 atom stereocenters. The molecule has 0 saturated carbocycles. The lowest BCUT2D eigenvalue weighted by Crippen LogP contribution is -2.37. The molecule has 1 unspecified atom stereocenters. The number of benzene rings is 1. The predicted molar refractivity (Wildman–Crippen MR) is 88.7 cm³/mol. The molecule has 0 radical (unpaired) electrons. The van der Waals surface area contributed by atoms with Gasteiger partial charge in [0.15, 0.2) is 0 Å². The molecule has 1 heterocycles. The zero-order valence-corrected chi connectivity index (χ0v) is 13.9. The van der Waals surface area contributed by atoms with Crippen molar-refractivity contribution in [3.63, 3.8) is 0 Å². The van der Waals surface area contributed by atoms with Crippen LogP contribution in [0.25, 0.3) is 10.9 Å². The number of methoxy groups -OCH3 is 1. The fourth-order valence-electron chi connectivity index (χ4n) is 2.50. The molecule has 4 heteroatoms. The molecule has 0 aliphatic carbocycles. The molecule has 20 heavy (non-hydrogen) atoms. The molecule has 2 rings (SSSR count). The van der Waals surface area contributed by atoms with E-state index < -0.39 is 0 Å². The molecule has 0 spiro atoms. The number of nitrogens with zero attached hydrogens (tertiary/aromatic N) is 2. The molecule has 1 aromatic carbocycles. The maximum Gasteiger partial charge on any atom is 0.133 e. The zero-order chi connectivity index (χ0) is 14.5. The van der Waals surface area contributed by atoms with Gasteiger partial charge in [0.05, 0.1) is 18.2 Å². The highest BCUT2D eigenvalue weighted by atomic mass is 79.9. The molecule has 0 N–H and O–H groups in total. The van der Waals surface area contributed by atoms with Crippen LogP contribution in [-0.4, -0.2) is 31.3 Å². The molecule has 0 aliphatic heterocycles. The summed E-state index contributed by atoms with van der Waals surface area (Å²) in [7, 11) is 1.74. The Morgan fingerprint density at radius 3 is 2.75 bits per heavy atom. The van der Waals surface area contributed by atoms with Gasteiger partial charge in [-0.2, -0.15) is 0 Å². The number of fused-ring (bicyclic) bond motifs is 1. The Morgan fingerprint density at radius 1 is 1.35 bits per heavy atom. The van der Waals surface area contributed by atoms with Gasteiger partial charge in [0.25, 0.3) is 0 Å². The minimum atomic E-state index is 0.302. The van der Waals surface area contributed by atoms with E-state index in [1.165, 1.54) is 10.9 Å². The van der Waals surface area contributed by atoms with Crippen molar-refractivity contribution in [2.24, 2.45) is 0 Å². The Bertz CT molecular complexity index is 573. The number of rotatable bonds is 6. The Hall–Kier alpha value is -1.13. The number of para-hydroxylation sites is 1. The van der Waals surface area contributed by atoms with E-state index in [2.05, 4.69) is 52.9 Å². The highest BCUT2D eigenvalue weighted by molar-refractivity contribution is 9.08. The number of hydrogen-bond donors (Lipinski definition) is 0. The number of aromatic nitrogens is 1. The van der Waals surface area contributed by atoms with Crippen molar-refractivity contribution < 1.29 is 4.74 Å². The molecule has 3 nitrogen and oxygen atoms in total. The largest absolute Gasteiger partial charge is 0.383 e. The van der Waals surface area contributed by atoms with Gasteiger partial charge in [-0.3, -0.25) is 0 Å². The van der Waals surface area contributed by atoms with Crippen LogP contribution < -0.4 is 4.90 Å². The monoisotopic (exact) mass is 336 g/mol. The van der Waals surface area contributed by atoms with E-state index in [4.69, 9.17) is 9.72 Å². The standard InChI is InChI=1S/C16H21BrN2O/c1-4-19(12(2)11-20-3)16-14(10-17)9-13-7-5-6-8-15(13)18-16/h5-9,12H,4,10-11H2,1-3H3. The van der Waals surface area contributed by atoms with Gasteiger partial charge in [0, 0.05) is 29.9 Å². The van der Waals surface area contributed by atoms with Crippen LogP contribution in [0.15, 0.2) is 30.3 Å². The van der Waals surface area contributed by atoms with E-state index in [-0.39, 0.29) is 0 Å². The van der Waals surface area contributed by atoms with Crippen LogP contribution >= 0.6 is 15.9 Å². The number of ether oxygens (including phenoxy) is 1. The zero-order valence-electron chi connectivity index (χ0n) is 12.3. The van der Waals surface area contributed by atoms with Crippen LogP contribution in [0.4, 0.5) is 5.82 Å². The normalized spacial score (nSPS) is 12.6. The van der Waals surface area contributed by atoms with E-state index >= 15 is 0 Å². The second-order valence-corrected chi connectivity index (χ2v) is 5.45. The number of hydrogen-bond acceptors (Lipinski definition) is 3. The summed E-state index contributed by atoms with van der Waals surface area (Å²) in [6.45, 7) is 5.93. The van der Waals surface area contributed by atoms with Crippen LogP contribution in [0.5, 0.6) is 0 Å². The van der Waals surface area contributed by atoms with Crippen molar-refractivity contribution in [1.29, 1.82) is 0 Å².